The minimum absolute atomic E-state index is 0.0196. The van der Waals surface area contributed by atoms with E-state index >= 15 is 0 Å². The number of nitrogens with one attached hydrogen (secondary N) is 3. The smallest absolute Gasteiger partial charge is 0.243 e. The van der Waals surface area contributed by atoms with Crippen LogP contribution in [-0.2, 0) is 19.6 Å². The predicted octanol–water partition coefficient (Wildman–Crippen LogP) is 0.876. The van der Waals surface area contributed by atoms with Crippen molar-refractivity contribution in [3.05, 3.63) is 24.3 Å². The number of amides is 2. The number of rotatable bonds is 9. The maximum atomic E-state index is 11.9. The Morgan fingerprint density at radius 2 is 1.84 bits per heavy atom. The van der Waals surface area contributed by atoms with Crippen LogP contribution >= 0.6 is 0 Å². The quantitative estimate of drug-likeness (QED) is 0.512. The van der Waals surface area contributed by atoms with E-state index in [2.05, 4.69) is 15.4 Å². The van der Waals surface area contributed by atoms with Crippen LogP contribution in [0, 0.1) is 5.92 Å². The van der Waals surface area contributed by atoms with Gasteiger partial charge in [0.05, 0.1) is 24.0 Å². The van der Waals surface area contributed by atoms with Gasteiger partial charge in [0, 0.05) is 5.69 Å². The third kappa shape index (κ3) is 7.53. The maximum Gasteiger partial charge on any atom is 0.243 e. The molecule has 0 radical (unpaired) electrons. The molecule has 0 saturated heterocycles. The number of sulfonamides is 1. The molecule has 0 aliphatic rings. The summed E-state index contributed by atoms with van der Waals surface area (Å²) >= 11 is 0. The first kappa shape index (κ1) is 20.9. The lowest BCUT2D eigenvalue weighted by atomic mass is 10.1. The summed E-state index contributed by atoms with van der Waals surface area (Å²) in [5.41, 5.74) is 6.47. The molecule has 1 aromatic carbocycles. The second kappa shape index (κ2) is 9.38. The second-order valence-electron chi connectivity index (χ2n) is 6.04. The van der Waals surface area contributed by atoms with E-state index in [-0.39, 0.29) is 18.2 Å². The SMILES string of the molecule is CCCS(=O)(=O)Nc1cccc(NC(=O)CNC(=O)[C@@H](N)C(C)C)c1. The van der Waals surface area contributed by atoms with E-state index in [1.165, 1.54) is 6.07 Å². The molecular formula is C16H26N4O4S. The highest BCUT2D eigenvalue weighted by Gasteiger charge is 2.17. The number of nitrogens with two attached hydrogens (primary N) is 1. The Kier molecular flexibility index (Phi) is 7.85. The van der Waals surface area contributed by atoms with Crippen molar-refractivity contribution in [2.45, 2.75) is 33.2 Å². The van der Waals surface area contributed by atoms with Crippen molar-refractivity contribution in [3.8, 4) is 0 Å². The molecule has 2 amide bonds. The molecule has 9 heteroatoms. The first-order chi connectivity index (χ1) is 11.6. The van der Waals surface area contributed by atoms with Crippen LogP contribution in [-0.4, -0.2) is 38.6 Å². The lowest BCUT2D eigenvalue weighted by Crippen LogP contribution is -2.46. The van der Waals surface area contributed by atoms with Crippen molar-refractivity contribution in [3.63, 3.8) is 0 Å². The van der Waals surface area contributed by atoms with Gasteiger partial charge in [0.15, 0.2) is 0 Å². The van der Waals surface area contributed by atoms with Crippen molar-refractivity contribution in [2.24, 2.45) is 11.7 Å². The van der Waals surface area contributed by atoms with E-state index in [1.54, 1.807) is 25.1 Å². The highest BCUT2D eigenvalue weighted by atomic mass is 32.2. The third-order valence-corrected chi connectivity index (χ3v) is 4.83. The normalized spacial score (nSPS) is 12.5. The number of carbonyl (C=O) groups excluding carboxylic acids is 2. The molecule has 0 aliphatic carbocycles. The van der Waals surface area contributed by atoms with Gasteiger partial charge in [0.25, 0.3) is 0 Å². The predicted molar refractivity (Wildman–Crippen MR) is 98.6 cm³/mol. The van der Waals surface area contributed by atoms with E-state index in [0.717, 1.165) is 0 Å². The van der Waals surface area contributed by atoms with Gasteiger partial charge in [0.1, 0.15) is 0 Å². The molecule has 1 aromatic rings. The van der Waals surface area contributed by atoms with Gasteiger partial charge in [-0.1, -0.05) is 26.8 Å². The lowest BCUT2D eigenvalue weighted by Gasteiger charge is -2.15. The Morgan fingerprint density at radius 1 is 1.20 bits per heavy atom. The van der Waals surface area contributed by atoms with Crippen LogP contribution in [0.2, 0.25) is 0 Å². The van der Waals surface area contributed by atoms with Gasteiger partial charge in [-0.25, -0.2) is 8.42 Å². The van der Waals surface area contributed by atoms with Gasteiger partial charge in [0.2, 0.25) is 21.8 Å². The van der Waals surface area contributed by atoms with Crippen molar-refractivity contribution < 1.29 is 18.0 Å². The van der Waals surface area contributed by atoms with Crippen molar-refractivity contribution in [1.82, 2.24) is 5.32 Å². The number of hydrogen-bond acceptors (Lipinski definition) is 5. The summed E-state index contributed by atoms with van der Waals surface area (Å²) in [5.74, 6) is -0.842. The van der Waals surface area contributed by atoms with Gasteiger partial charge in [-0.05, 0) is 30.5 Å². The fraction of sp³-hybridized carbons (Fsp3) is 0.500. The van der Waals surface area contributed by atoms with Gasteiger partial charge in [-0.15, -0.1) is 0 Å². The minimum atomic E-state index is -3.40. The Bertz CT molecular complexity index is 704. The molecule has 0 heterocycles. The van der Waals surface area contributed by atoms with Crippen LogP contribution in [0.4, 0.5) is 11.4 Å². The van der Waals surface area contributed by atoms with E-state index < -0.39 is 27.9 Å². The van der Waals surface area contributed by atoms with E-state index in [0.29, 0.717) is 17.8 Å². The molecule has 0 saturated carbocycles. The molecule has 5 N–H and O–H groups in total. The zero-order chi connectivity index (χ0) is 19.0. The summed E-state index contributed by atoms with van der Waals surface area (Å²) in [6.45, 7) is 5.19. The Balaban J connectivity index is 2.61. The molecule has 1 rings (SSSR count). The largest absolute Gasteiger partial charge is 0.346 e. The fourth-order valence-corrected chi connectivity index (χ4v) is 3.08. The van der Waals surface area contributed by atoms with Crippen molar-refractivity contribution >= 4 is 33.2 Å². The van der Waals surface area contributed by atoms with E-state index in [4.69, 9.17) is 5.73 Å². The highest BCUT2D eigenvalue weighted by Crippen LogP contribution is 2.16. The fourth-order valence-electron chi connectivity index (χ4n) is 1.95. The average Bonchev–Trinajstić information content (AvgIpc) is 2.51. The molecular weight excluding hydrogens is 344 g/mol. The van der Waals surface area contributed by atoms with E-state index in [9.17, 15) is 18.0 Å². The van der Waals surface area contributed by atoms with Crippen LogP contribution in [0.5, 0.6) is 0 Å². The molecule has 0 fully saturated rings. The molecule has 1 atom stereocenters. The molecule has 0 spiro atoms. The molecule has 0 unspecified atom stereocenters. The zero-order valence-corrected chi connectivity index (χ0v) is 15.5. The summed E-state index contributed by atoms with van der Waals surface area (Å²) in [5, 5.41) is 5.06. The first-order valence-corrected chi connectivity index (χ1v) is 9.73. The highest BCUT2D eigenvalue weighted by molar-refractivity contribution is 7.92. The van der Waals surface area contributed by atoms with Crippen LogP contribution in [0.1, 0.15) is 27.2 Å². The molecule has 25 heavy (non-hydrogen) atoms. The van der Waals surface area contributed by atoms with Crippen LogP contribution < -0.4 is 21.1 Å². The second-order valence-corrected chi connectivity index (χ2v) is 7.88. The number of anilines is 2. The topological polar surface area (TPSA) is 130 Å². The summed E-state index contributed by atoms with van der Waals surface area (Å²) in [7, 11) is -3.40. The number of benzene rings is 1. The summed E-state index contributed by atoms with van der Waals surface area (Å²) in [6, 6.07) is 5.66. The molecule has 0 bridgehead atoms. The summed E-state index contributed by atoms with van der Waals surface area (Å²) < 4.78 is 26.0. The van der Waals surface area contributed by atoms with E-state index in [1.807, 2.05) is 13.8 Å². The van der Waals surface area contributed by atoms with Gasteiger partial charge in [-0.3, -0.25) is 14.3 Å². The van der Waals surface area contributed by atoms with Crippen LogP contribution in [0.3, 0.4) is 0 Å². The lowest BCUT2D eigenvalue weighted by molar-refractivity contribution is -0.125. The minimum Gasteiger partial charge on any atom is -0.346 e. The first-order valence-electron chi connectivity index (χ1n) is 8.08. The van der Waals surface area contributed by atoms with Gasteiger partial charge < -0.3 is 16.4 Å². The van der Waals surface area contributed by atoms with Crippen LogP contribution in [0.25, 0.3) is 0 Å². The Morgan fingerprint density at radius 3 is 2.44 bits per heavy atom. The Hall–Kier alpha value is -2.13. The number of carbonyl (C=O) groups is 2. The molecule has 8 nitrogen and oxygen atoms in total. The van der Waals surface area contributed by atoms with Gasteiger partial charge >= 0.3 is 0 Å². The molecule has 0 aromatic heterocycles. The standard InChI is InChI=1S/C16H26N4O4S/c1-4-8-25(23,24)20-13-7-5-6-12(9-13)19-14(21)10-18-16(22)15(17)11(2)3/h5-7,9,11,15,20H,4,8,10,17H2,1-3H3,(H,18,22)(H,19,21)/t15-/m0/s1. The summed E-state index contributed by atoms with van der Waals surface area (Å²) in [6.07, 6.45) is 0.504. The van der Waals surface area contributed by atoms with Crippen molar-refractivity contribution in [2.75, 3.05) is 22.3 Å². The zero-order valence-electron chi connectivity index (χ0n) is 14.7. The monoisotopic (exact) mass is 370 g/mol. The van der Waals surface area contributed by atoms with Gasteiger partial charge in [-0.2, -0.15) is 0 Å². The maximum absolute atomic E-state index is 11.9. The molecule has 0 aliphatic heterocycles. The van der Waals surface area contributed by atoms with Crippen LogP contribution in [0.15, 0.2) is 24.3 Å². The third-order valence-electron chi connectivity index (χ3n) is 3.34. The summed E-state index contributed by atoms with van der Waals surface area (Å²) in [4.78, 5) is 23.6. The Labute approximate surface area is 148 Å². The number of hydrogen-bond donors (Lipinski definition) is 4. The van der Waals surface area contributed by atoms with Crippen molar-refractivity contribution in [1.29, 1.82) is 0 Å². The average molecular weight is 370 g/mol. The molecule has 140 valence electrons.